The van der Waals surface area contributed by atoms with Gasteiger partial charge in [-0.3, -0.25) is 0 Å². The van der Waals surface area contributed by atoms with Gasteiger partial charge in [0.25, 0.3) is 0 Å². The zero-order valence-electron chi connectivity index (χ0n) is 15.7. The third-order valence-corrected chi connectivity index (χ3v) is 4.24. The van der Waals surface area contributed by atoms with E-state index in [-0.39, 0.29) is 47.3 Å². The number of carbonyl (C=O) groups excluding carboxylic acids is 2. The fraction of sp³-hybridized carbons (Fsp3) is 0.200. The Balaban J connectivity index is 1.57. The summed E-state index contributed by atoms with van der Waals surface area (Å²) in [7, 11) is 0. The molecule has 29 heavy (non-hydrogen) atoms. The lowest BCUT2D eigenvalue weighted by molar-refractivity contribution is 0.0428. The third-order valence-electron chi connectivity index (χ3n) is 4.24. The van der Waals surface area contributed by atoms with E-state index in [1.54, 1.807) is 26.0 Å². The van der Waals surface area contributed by atoms with Gasteiger partial charge in [-0.2, -0.15) is 4.98 Å². The van der Waals surface area contributed by atoms with Crippen LogP contribution in [0.4, 0.5) is 5.82 Å². The minimum absolute atomic E-state index is 0.0321. The quantitative estimate of drug-likeness (QED) is 0.505. The van der Waals surface area contributed by atoms with Crippen molar-refractivity contribution in [3.8, 4) is 0 Å². The van der Waals surface area contributed by atoms with Crippen LogP contribution in [0.5, 0.6) is 0 Å². The summed E-state index contributed by atoms with van der Waals surface area (Å²) >= 11 is 0. The number of aryl methyl sites for hydroxylation is 1. The zero-order valence-corrected chi connectivity index (χ0v) is 15.7. The molecule has 0 saturated heterocycles. The van der Waals surface area contributed by atoms with Crippen molar-refractivity contribution in [3.05, 3.63) is 53.2 Å². The maximum atomic E-state index is 12.3. The van der Waals surface area contributed by atoms with Gasteiger partial charge in [-0.25, -0.2) is 14.6 Å². The average Bonchev–Trinajstić information content (AvgIpc) is 3.27. The Bertz CT molecular complexity index is 1210. The maximum absolute atomic E-state index is 12.3. The van der Waals surface area contributed by atoms with Crippen molar-refractivity contribution in [3.63, 3.8) is 0 Å². The Morgan fingerprint density at radius 1 is 1.10 bits per heavy atom. The number of para-hydroxylation sites is 1. The van der Waals surface area contributed by atoms with Gasteiger partial charge in [-0.15, -0.1) is 0 Å². The fourth-order valence-electron chi connectivity index (χ4n) is 2.98. The molecular formula is C20H17N3O6. The Kier molecular flexibility index (Phi) is 4.63. The van der Waals surface area contributed by atoms with Crippen LogP contribution in [0, 0.1) is 6.92 Å². The van der Waals surface area contributed by atoms with Crippen LogP contribution in [0.25, 0.3) is 22.1 Å². The lowest BCUT2D eigenvalue weighted by Gasteiger charge is -2.04. The Hall–Kier alpha value is -3.88. The number of carbonyl (C=O) groups is 2. The first-order valence-corrected chi connectivity index (χ1v) is 8.86. The topological polar surface area (TPSA) is 131 Å². The number of fused-ring (bicyclic) bond motifs is 2. The van der Waals surface area contributed by atoms with Crippen molar-refractivity contribution in [1.29, 1.82) is 0 Å². The number of ether oxygens (including phenoxy) is 2. The van der Waals surface area contributed by atoms with Gasteiger partial charge in [-0.1, -0.05) is 18.2 Å². The SMILES string of the molecule is CCOC(=O)c1c(C)oc2nc(COC(=O)c3cc4ccccc4o3)nc(N)c12. The van der Waals surface area contributed by atoms with Crippen LogP contribution in [-0.4, -0.2) is 28.5 Å². The van der Waals surface area contributed by atoms with Gasteiger partial charge in [-0.05, 0) is 26.0 Å². The Morgan fingerprint density at radius 2 is 1.90 bits per heavy atom. The van der Waals surface area contributed by atoms with E-state index in [0.29, 0.717) is 11.3 Å². The monoisotopic (exact) mass is 395 g/mol. The molecule has 0 atom stereocenters. The van der Waals surface area contributed by atoms with Crippen LogP contribution in [0.3, 0.4) is 0 Å². The molecule has 0 amide bonds. The van der Waals surface area contributed by atoms with Crippen LogP contribution in [0.2, 0.25) is 0 Å². The number of furan rings is 2. The van der Waals surface area contributed by atoms with E-state index in [0.717, 1.165) is 5.39 Å². The highest BCUT2D eigenvalue weighted by Gasteiger charge is 2.24. The fourth-order valence-corrected chi connectivity index (χ4v) is 2.98. The lowest BCUT2D eigenvalue weighted by atomic mass is 10.2. The summed E-state index contributed by atoms with van der Waals surface area (Å²) in [6.45, 7) is 3.27. The summed E-state index contributed by atoms with van der Waals surface area (Å²) in [6.07, 6.45) is 0. The molecule has 0 aliphatic heterocycles. The highest BCUT2D eigenvalue weighted by Crippen LogP contribution is 2.29. The lowest BCUT2D eigenvalue weighted by Crippen LogP contribution is -2.09. The minimum Gasteiger partial charge on any atom is -0.462 e. The molecule has 9 heteroatoms. The van der Waals surface area contributed by atoms with Gasteiger partial charge in [0.2, 0.25) is 11.5 Å². The molecule has 3 aromatic heterocycles. The number of hydrogen-bond acceptors (Lipinski definition) is 9. The van der Waals surface area contributed by atoms with Gasteiger partial charge in [0.15, 0.2) is 12.4 Å². The molecular weight excluding hydrogens is 378 g/mol. The predicted octanol–water partition coefficient (Wildman–Crippen LogP) is 3.39. The molecule has 0 spiro atoms. The summed E-state index contributed by atoms with van der Waals surface area (Å²) in [4.78, 5) is 32.7. The van der Waals surface area contributed by atoms with E-state index in [1.807, 2.05) is 18.2 Å². The third kappa shape index (κ3) is 3.38. The van der Waals surface area contributed by atoms with Crippen LogP contribution in [-0.2, 0) is 16.1 Å². The Labute approximate surface area is 164 Å². The van der Waals surface area contributed by atoms with Crippen molar-refractivity contribution >= 4 is 39.8 Å². The molecule has 2 N–H and O–H groups in total. The molecule has 4 rings (SSSR count). The number of nitrogens with two attached hydrogens (primary N) is 1. The summed E-state index contributed by atoms with van der Waals surface area (Å²) < 4.78 is 21.2. The molecule has 9 nitrogen and oxygen atoms in total. The second-order valence-corrected chi connectivity index (χ2v) is 6.18. The second-order valence-electron chi connectivity index (χ2n) is 6.18. The minimum atomic E-state index is -0.661. The van der Waals surface area contributed by atoms with E-state index in [4.69, 9.17) is 24.0 Å². The standard InChI is InChI=1S/C20H17N3O6/c1-3-26-20(25)15-10(2)28-18-16(15)17(21)22-14(23-18)9-27-19(24)13-8-11-6-4-5-7-12(11)29-13/h4-8H,3,9H2,1-2H3,(H2,21,22,23). The molecule has 3 heterocycles. The largest absolute Gasteiger partial charge is 0.462 e. The predicted molar refractivity (Wildman–Crippen MR) is 102 cm³/mol. The maximum Gasteiger partial charge on any atom is 0.374 e. The van der Waals surface area contributed by atoms with Crippen LogP contribution in [0.15, 0.2) is 39.2 Å². The molecule has 0 aliphatic rings. The van der Waals surface area contributed by atoms with Crippen LogP contribution < -0.4 is 5.73 Å². The van der Waals surface area contributed by atoms with Crippen molar-refractivity contribution in [2.45, 2.75) is 20.5 Å². The first kappa shape index (κ1) is 18.5. The van der Waals surface area contributed by atoms with Gasteiger partial charge >= 0.3 is 11.9 Å². The normalized spacial score (nSPS) is 11.1. The summed E-state index contributed by atoms with van der Waals surface area (Å²) in [6, 6.07) is 8.83. The number of hydrogen-bond donors (Lipinski definition) is 1. The molecule has 0 bridgehead atoms. The molecule has 0 fully saturated rings. The van der Waals surface area contributed by atoms with E-state index in [9.17, 15) is 9.59 Å². The number of anilines is 1. The van der Waals surface area contributed by atoms with Crippen molar-refractivity contribution in [1.82, 2.24) is 9.97 Å². The average molecular weight is 395 g/mol. The van der Waals surface area contributed by atoms with Gasteiger partial charge in [0.05, 0.1) is 12.0 Å². The number of nitrogens with zero attached hydrogens (tertiary/aromatic N) is 2. The molecule has 148 valence electrons. The van der Waals surface area contributed by atoms with Crippen molar-refractivity contribution in [2.24, 2.45) is 0 Å². The first-order chi connectivity index (χ1) is 14.0. The number of benzene rings is 1. The molecule has 0 unspecified atom stereocenters. The van der Waals surface area contributed by atoms with E-state index >= 15 is 0 Å². The van der Waals surface area contributed by atoms with Crippen LogP contribution in [0.1, 0.15) is 39.4 Å². The van der Waals surface area contributed by atoms with E-state index in [1.165, 1.54) is 0 Å². The number of rotatable bonds is 5. The zero-order chi connectivity index (χ0) is 20.5. The smallest absolute Gasteiger partial charge is 0.374 e. The summed E-state index contributed by atoms with van der Waals surface area (Å²) in [5, 5.41) is 1.06. The number of esters is 2. The van der Waals surface area contributed by atoms with Crippen molar-refractivity contribution in [2.75, 3.05) is 12.3 Å². The number of nitrogen functional groups attached to an aromatic ring is 1. The van der Waals surface area contributed by atoms with Gasteiger partial charge in [0.1, 0.15) is 22.7 Å². The molecule has 0 radical (unpaired) electrons. The first-order valence-electron chi connectivity index (χ1n) is 8.86. The highest BCUT2D eigenvalue weighted by atomic mass is 16.5. The number of aromatic nitrogens is 2. The molecule has 1 aromatic carbocycles. The summed E-state index contributed by atoms with van der Waals surface area (Å²) in [5.74, 6) is -0.683. The highest BCUT2D eigenvalue weighted by molar-refractivity contribution is 6.07. The summed E-state index contributed by atoms with van der Waals surface area (Å²) in [5.41, 5.74) is 6.88. The van der Waals surface area contributed by atoms with E-state index < -0.39 is 11.9 Å². The van der Waals surface area contributed by atoms with Crippen LogP contribution >= 0.6 is 0 Å². The second kappa shape index (κ2) is 7.27. The van der Waals surface area contributed by atoms with Gasteiger partial charge in [0, 0.05) is 5.39 Å². The molecule has 0 saturated carbocycles. The van der Waals surface area contributed by atoms with E-state index in [2.05, 4.69) is 9.97 Å². The van der Waals surface area contributed by atoms with Gasteiger partial charge < -0.3 is 24.0 Å². The van der Waals surface area contributed by atoms with Crippen molar-refractivity contribution < 1.29 is 27.9 Å². The molecule has 0 aliphatic carbocycles. The molecule has 4 aromatic rings. The Morgan fingerprint density at radius 3 is 2.66 bits per heavy atom.